The van der Waals surface area contributed by atoms with Gasteiger partial charge in [0.2, 0.25) is 0 Å². The van der Waals surface area contributed by atoms with Crippen molar-refractivity contribution in [1.29, 1.82) is 0 Å². The predicted octanol–water partition coefficient (Wildman–Crippen LogP) is 2.08. The quantitative estimate of drug-likeness (QED) is 0.617. The molecule has 2 rings (SSSR count). The number of hydrogen-bond donors (Lipinski definition) is 0. The van der Waals surface area contributed by atoms with Crippen molar-refractivity contribution in [3.8, 4) is 0 Å². The van der Waals surface area contributed by atoms with Crippen molar-refractivity contribution >= 4 is 17.4 Å². The van der Waals surface area contributed by atoms with E-state index in [1.807, 2.05) is 18.2 Å². The van der Waals surface area contributed by atoms with Crippen molar-refractivity contribution in [3.05, 3.63) is 51.4 Å². The second-order valence-electron chi connectivity index (χ2n) is 3.39. The summed E-state index contributed by atoms with van der Waals surface area (Å²) < 4.78 is 1.45. The van der Waals surface area contributed by atoms with Crippen molar-refractivity contribution in [2.45, 2.75) is 13.0 Å². The number of aromatic nitrogens is 3. The number of rotatable bonds is 4. The van der Waals surface area contributed by atoms with Crippen molar-refractivity contribution in [1.82, 2.24) is 14.8 Å². The minimum atomic E-state index is -0.598. The summed E-state index contributed by atoms with van der Waals surface area (Å²) in [7, 11) is 0. The Morgan fingerprint density at radius 1 is 1.47 bits per heavy atom. The van der Waals surface area contributed by atoms with E-state index in [4.69, 9.17) is 11.6 Å². The van der Waals surface area contributed by atoms with Crippen molar-refractivity contribution < 1.29 is 4.92 Å². The van der Waals surface area contributed by atoms with Crippen LogP contribution < -0.4 is 0 Å². The van der Waals surface area contributed by atoms with Crippen molar-refractivity contribution in [2.24, 2.45) is 0 Å². The zero-order valence-electron chi connectivity index (χ0n) is 8.78. The second-order valence-corrected chi connectivity index (χ2v) is 3.80. The van der Waals surface area contributed by atoms with E-state index >= 15 is 0 Å². The number of aryl methyl sites for hydroxylation is 2. The number of nitrogens with zero attached hydrogens (tertiary/aromatic N) is 4. The number of hydrogen-bond acceptors (Lipinski definition) is 4. The van der Waals surface area contributed by atoms with Crippen LogP contribution in [0.2, 0.25) is 5.02 Å². The highest BCUT2D eigenvalue weighted by Gasteiger charge is 2.18. The third kappa shape index (κ3) is 2.79. The van der Waals surface area contributed by atoms with Gasteiger partial charge >= 0.3 is 5.82 Å². The molecule has 0 radical (unpaired) electrons. The molecule has 0 aliphatic heterocycles. The van der Waals surface area contributed by atoms with E-state index in [0.29, 0.717) is 13.0 Å². The Balaban J connectivity index is 2.05. The number of halogens is 1. The van der Waals surface area contributed by atoms with Gasteiger partial charge < -0.3 is 10.1 Å². The molecular weight excluding hydrogens is 244 g/mol. The number of nitro groups is 1. The van der Waals surface area contributed by atoms with Gasteiger partial charge in [0.1, 0.15) is 0 Å². The van der Waals surface area contributed by atoms with E-state index in [1.165, 1.54) is 10.9 Å². The van der Waals surface area contributed by atoms with E-state index in [1.54, 1.807) is 6.20 Å². The van der Waals surface area contributed by atoms with Gasteiger partial charge in [-0.15, -0.1) is 0 Å². The maximum Gasteiger partial charge on any atom is 0.408 e. The summed E-state index contributed by atoms with van der Waals surface area (Å²) in [6.45, 7) is 0.505. The molecule has 0 spiro atoms. The van der Waals surface area contributed by atoms with E-state index < -0.39 is 4.92 Å². The Hall–Kier alpha value is -1.95. The highest BCUT2D eigenvalue weighted by molar-refractivity contribution is 6.32. The largest absolute Gasteiger partial charge is 0.408 e. The molecule has 6 nitrogen and oxygen atoms in total. The Morgan fingerprint density at radius 3 is 2.88 bits per heavy atom. The van der Waals surface area contributed by atoms with E-state index in [-0.39, 0.29) is 10.8 Å². The summed E-state index contributed by atoms with van der Waals surface area (Å²) in [5.74, 6) is -0.312. The SMILES string of the molecule is O=[N+]([O-])c1nn(CCc2ccccn2)cc1Cl. The van der Waals surface area contributed by atoms with Gasteiger partial charge in [0, 0.05) is 18.3 Å². The van der Waals surface area contributed by atoms with Gasteiger partial charge in [0.25, 0.3) is 0 Å². The molecule has 0 fully saturated rings. The summed E-state index contributed by atoms with van der Waals surface area (Å²) in [6, 6.07) is 5.61. The minimum Gasteiger partial charge on any atom is -0.358 e. The average molecular weight is 253 g/mol. The van der Waals surface area contributed by atoms with E-state index in [9.17, 15) is 10.1 Å². The molecule has 0 aliphatic rings. The van der Waals surface area contributed by atoms with Crippen LogP contribution in [-0.4, -0.2) is 19.7 Å². The summed E-state index contributed by atoms with van der Waals surface area (Å²) in [6.07, 6.45) is 3.80. The van der Waals surface area contributed by atoms with Crippen LogP contribution in [-0.2, 0) is 13.0 Å². The third-order valence-corrected chi connectivity index (χ3v) is 2.46. The van der Waals surface area contributed by atoms with Crippen LogP contribution in [0, 0.1) is 10.1 Å². The summed E-state index contributed by atoms with van der Waals surface area (Å²) >= 11 is 5.68. The lowest BCUT2D eigenvalue weighted by molar-refractivity contribution is -0.389. The van der Waals surface area contributed by atoms with E-state index in [0.717, 1.165) is 5.69 Å². The van der Waals surface area contributed by atoms with Crippen molar-refractivity contribution in [2.75, 3.05) is 0 Å². The lowest BCUT2D eigenvalue weighted by Crippen LogP contribution is -2.03. The lowest BCUT2D eigenvalue weighted by Gasteiger charge is -1.97. The molecule has 0 aromatic carbocycles. The van der Waals surface area contributed by atoms with Crippen LogP contribution in [0.4, 0.5) is 5.82 Å². The molecule has 0 unspecified atom stereocenters. The normalized spacial score (nSPS) is 10.4. The van der Waals surface area contributed by atoms with E-state index in [2.05, 4.69) is 10.1 Å². The van der Waals surface area contributed by atoms with Crippen LogP contribution in [0.5, 0.6) is 0 Å². The Bertz CT molecular complexity index is 526. The highest BCUT2D eigenvalue weighted by atomic mass is 35.5. The molecule has 2 aromatic heterocycles. The summed E-state index contributed by atoms with van der Waals surface area (Å²) in [5.41, 5.74) is 0.904. The molecule has 0 atom stereocenters. The third-order valence-electron chi connectivity index (χ3n) is 2.20. The minimum absolute atomic E-state index is 0.0519. The van der Waals surface area contributed by atoms with Crippen LogP contribution in [0.1, 0.15) is 5.69 Å². The molecule has 88 valence electrons. The van der Waals surface area contributed by atoms with Crippen LogP contribution >= 0.6 is 11.6 Å². The van der Waals surface area contributed by atoms with Gasteiger partial charge in [-0.25, -0.2) is 0 Å². The first kappa shape index (κ1) is 11.5. The molecule has 7 heteroatoms. The van der Waals surface area contributed by atoms with Gasteiger partial charge in [-0.1, -0.05) is 17.7 Å². The topological polar surface area (TPSA) is 73.8 Å². The molecule has 0 saturated heterocycles. The number of pyridine rings is 1. The fourth-order valence-corrected chi connectivity index (χ4v) is 1.62. The first-order valence-corrected chi connectivity index (χ1v) is 5.32. The first-order chi connectivity index (χ1) is 8.16. The predicted molar refractivity (Wildman–Crippen MR) is 61.8 cm³/mol. The van der Waals surface area contributed by atoms with Crippen LogP contribution in [0.25, 0.3) is 0 Å². The molecule has 0 bridgehead atoms. The molecule has 2 aromatic rings. The molecule has 0 N–H and O–H groups in total. The first-order valence-electron chi connectivity index (χ1n) is 4.94. The molecule has 2 heterocycles. The highest BCUT2D eigenvalue weighted by Crippen LogP contribution is 2.21. The lowest BCUT2D eigenvalue weighted by atomic mass is 10.3. The van der Waals surface area contributed by atoms with Gasteiger partial charge in [0.15, 0.2) is 5.02 Å². The maximum atomic E-state index is 10.5. The monoisotopic (exact) mass is 252 g/mol. The fourth-order valence-electron chi connectivity index (χ4n) is 1.40. The van der Waals surface area contributed by atoms with Crippen LogP contribution in [0.15, 0.2) is 30.6 Å². The van der Waals surface area contributed by atoms with Gasteiger partial charge in [0.05, 0.1) is 17.8 Å². The van der Waals surface area contributed by atoms with Crippen LogP contribution in [0.3, 0.4) is 0 Å². The smallest absolute Gasteiger partial charge is 0.358 e. The summed E-state index contributed by atoms with van der Waals surface area (Å²) in [4.78, 5) is 14.1. The molecule has 17 heavy (non-hydrogen) atoms. The van der Waals surface area contributed by atoms with Crippen molar-refractivity contribution in [3.63, 3.8) is 0 Å². The van der Waals surface area contributed by atoms with Gasteiger partial charge in [-0.05, 0) is 17.1 Å². The fraction of sp³-hybridized carbons (Fsp3) is 0.200. The molecule has 0 saturated carbocycles. The Kier molecular flexibility index (Phi) is 3.34. The van der Waals surface area contributed by atoms with Gasteiger partial charge in [-0.2, -0.15) is 4.68 Å². The summed E-state index contributed by atoms with van der Waals surface area (Å²) in [5, 5.41) is 14.4. The van der Waals surface area contributed by atoms with Gasteiger partial charge in [-0.3, -0.25) is 4.98 Å². The maximum absolute atomic E-state index is 10.5. The Morgan fingerprint density at radius 2 is 2.29 bits per heavy atom. The zero-order chi connectivity index (χ0) is 12.3. The molecule has 0 amide bonds. The Labute approximate surface area is 102 Å². The average Bonchev–Trinajstić information content (AvgIpc) is 2.69. The molecule has 0 aliphatic carbocycles. The standard InChI is InChI=1S/C10H9ClN4O2/c11-9-7-14(13-10(9)15(16)17)6-4-8-3-1-2-5-12-8/h1-3,5,7H,4,6H2. The zero-order valence-corrected chi connectivity index (χ0v) is 9.54. The second kappa shape index (κ2) is 4.92. The molecular formula is C10H9ClN4O2.